The number of pyridine rings is 1. The van der Waals surface area contributed by atoms with Gasteiger partial charge in [-0.2, -0.15) is 5.26 Å². The molecule has 1 N–H and O–H groups in total. The van der Waals surface area contributed by atoms with Crippen LogP contribution in [0.5, 0.6) is 5.75 Å². The van der Waals surface area contributed by atoms with Crippen molar-refractivity contribution < 1.29 is 14.3 Å². The van der Waals surface area contributed by atoms with Gasteiger partial charge in [0, 0.05) is 29.7 Å². The molecule has 3 heterocycles. The predicted octanol–water partition coefficient (Wildman–Crippen LogP) is 4.11. The molecule has 0 aliphatic carbocycles. The van der Waals surface area contributed by atoms with E-state index in [1.165, 1.54) is 11.3 Å². The lowest BCUT2D eigenvalue weighted by atomic mass is 10.0. The quantitative estimate of drug-likeness (QED) is 0.530. The number of nitrogens with one attached hydrogen (secondary N) is 1. The zero-order chi connectivity index (χ0) is 23.9. The molecule has 0 spiro atoms. The predicted molar refractivity (Wildman–Crippen MR) is 131 cm³/mol. The summed E-state index contributed by atoms with van der Waals surface area (Å²) in [6.07, 6.45) is 3.36. The number of fused-ring (bicyclic) bond motifs is 1. The van der Waals surface area contributed by atoms with Crippen LogP contribution in [0.2, 0.25) is 0 Å². The number of nitrogens with zero attached hydrogens (tertiary/aromatic N) is 3. The Morgan fingerprint density at radius 2 is 2.06 bits per heavy atom. The van der Waals surface area contributed by atoms with E-state index in [2.05, 4.69) is 16.4 Å². The van der Waals surface area contributed by atoms with Crippen LogP contribution in [-0.4, -0.2) is 34.8 Å². The lowest BCUT2D eigenvalue weighted by Gasteiger charge is -2.27. The fourth-order valence-electron chi connectivity index (χ4n) is 4.04. The molecule has 1 aliphatic heterocycles. The first-order valence-electron chi connectivity index (χ1n) is 11.3. The van der Waals surface area contributed by atoms with Crippen molar-refractivity contribution in [1.82, 2.24) is 9.88 Å². The van der Waals surface area contributed by atoms with Crippen LogP contribution in [-0.2, 0) is 35.4 Å². The molecular formula is C26H26N4O3S. The molecule has 0 fully saturated rings. The van der Waals surface area contributed by atoms with Gasteiger partial charge < -0.3 is 15.0 Å². The third-order valence-electron chi connectivity index (χ3n) is 5.73. The first kappa shape index (κ1) is 23.5. The average Bonchev–Trinajstić information content (AvgIpc) is 3.20. The van der Waals surface area contributed by atoms with Crippen molar-refractivity contribution >= 4 is 28.2 Å². The van der Waals surface area contributed by atoms with Gasteiger partial charge in [-0.15, -0.1) is 11.3 Å². The largest absolute Gasteiger partial charge is 0.494 e. The zero-order valence-electron chi connectivity index (χ0n) is 19.0. The van der Waals surface area contributed by atoms with Crippen LogP contribution in [0.1, 0.15) is 40.6 Å². The first-order valence-corrected chi connectivity index (χ1v) is 12.1. The minimum absolute atomic E-state index is 0.00908. The number of carbonyl (C=O) groups excluding carboxylic acids is 2. The number of aromatic nitrogens is 1. The van der Waals surface area contributed by atoms with E-state index in [4.69, 9.17) is 4.74 Å². The van der Waals surface area contributed by atoms with E-state index in [0.717, 1.165) is 27.4 Å². The summed E-state index contributed by atoms with van der Waals surface area (Å²) in [5.41, 5.74) is 3.17. The molecule has 1 aromatic carbocycles. The van der Waals surface area contributed by atoms with Crippen LogP contribution in [0, 0.1) is 11.3 Å². The molecule has 3 aromatic rings. The number of rotatable bonds is 8. The molecule has 8 heteroatoms. The molecule has 0 bridgehead atoms. The van der Waals surface area contributed by atoms with Gasteiger partial charge in [-0.3, -0.25) is 14.6 Å². The monoisotopic (exact) mass is 474 g/mol. The van der Waals surface area contributed by atoms with E-state index >= 15 is 0 Å². The number of carbonyl (C=O) groups is 2. The van der Waals surface area contributed by atoms with Gasteiger partial charge in [-0.1, -0.05) is 24.3 Å². The van der Waals surface area contributed by atoms with Crippen molar-refractivity contribution in [1.29, 1.82) is 5.26 Å². The highest BCUT2D eigenvalue weighted by Gasteiger charge is 2.27. The SMILES string of the molecule is CCOc1ccccc1CCC(=O)Nc1sc2c(c1C#N)CCN(C(=O)Cc1ccccn1)C2. The first-order chi connectivity index (χ1) is 16.6. The molecule has 34 heavy (non-hydrogen) atoms. The van der Waals surface area contributed by atoms with Crippen LogP contribution in [0.15, 0.2) is 48.7 Å². The number of nitriles is 1. The minimum atomic E-state index is -0.149. The molecule has 2 amide bonds. The number of benzene rings is 1. The second kappa shape index (κ2) is 10.9. The maximum absolute atomic E-state index is 12.8. The lowest BCUT2D eigenvalue weighted by Crippen LogP contribution is -2.36. The molecule has 0 saturated heterocycles. The standard InChI is InChI=1S/C26H26N4O3S/c1-2-33-22-9-4-3-7-18(22)10-11-24(31)29-26-21(16-27)20-12-14-30(17-23(20)34-26)25(32)15-19-8-5-6-13-28-19/h3-9,13H,2,10-12,14-15,17H2,1H3,(H,29,31). The molecule has 4 rings (SSSR count). The Balaban J connectivity index is 1.40. The maximum Gasteiger partial charge on any atom is 0.228 e. The van der Waals surface area contributed by atoms with Crippen molar-refractivity contribution in [2.24, 2.45) is 0 Å². The summed E-state index contributed by atoms with van der Waals surface area (Å²) in [5.74, 6) is 0.650. The second-order valence-corrected chi connectivity index (χ2v) is 9.08. The van der Waals surface area contributed by atoms with Gasteiger partial charge >= 0.3 is 0 Å². The van der Waals surface area contributed by atoms with Crippen LogP contribution in [0.25, 0.3) is 0 Å². The van der Waals surface area contributed by atoms with Crippen molar-refractivity contribution in [3.8, 4) is 11.8 Å². The number of hydrogen-bond donors (Lipinski definition) is 1. The molecule has 0 atom stereocenters. The number of ether oxygens (including phenoxy) is 1. The molecule has 0 saturated carbocycles. The van der Waals surface area contributed by atoms with E-state index in [0.29, 0.717) is 43.1 Å². The van der Waals surface area contributed by atoms with Crippen molar-refractivity contribution in [3.05, 3.63) is 75.9 Å². The Kier molecular flexibility index (Phi) is 7.55. The fraction of sp³-hybridized carbons (Fsp3) is 0.308. The highest BCUT2D eigenvalue weighted by Crippen LogP contribution is 2.37. The summed E-state index contributed by atoms with van der Waals surface area (Å²) >= 11 is 1.39. The summed E-state index contributed by atoms with van der Waals surface area (Å²) in [5, 5.41) is 13.2. The highest BCUT2D eigenvalue weighted by molar-refractivity contribution is 7.16. The smallest absolute Gasteiger partial charge is 0.228 e. The summed E-state index contributed by atoms with van der Waals surface area (Å²) in [6, 6.07) is 15.5. The maximum atomic E-state index is 12.8. The third kappa shape index (κ3) is 5.43. The second-order valence-electron chi connectivity index (χ2n) is 7.97. The number of aryl methyl sites for hydroxylation is 1. The average molecular weight is 475 g/mol. The van der Waals surface area contributed by atoms with Gasteiger partial charge in [0.15, 0.2) is 0 Å². The van der Waals surface area contributed by atoms with E-state index < -0.39 is 0 Å². The summed E-state index contributed by atoms with van der Waals surface area (Å²) in [7, 11) is 0. The zero-order valence-corrected chi connectivity index (χ0v) is 19.9. The normalized spacial score (nSPS) is 12.5. The fourth-order valence-corrected chi connectivity index (χ4v) is 5.27. The molecule has 0 radical (unpaired) electrons. The molecule has 2 aromatic heterocycles. The van der Waals surface area contributed by atoms with Crippen LogP contribution in [0.4, 0.5) is 5.00 Å². The Labute approximate surface area is 203 Å². The lowest BCUT2D eigenvalue weighted by molar-refractivity contribution is -0.131. The number of anilines is 1. The van der Waals surface area contributed by atoms with Gasteiger partial charge in [0.05, 0.1) is 25.1 Å². The van der Waals surface area contributed by atoms with Crippen molar-refractivity contribution in [3.63, 3.8) is 0 Å². The molecular weight excluding hydrogens is 448 g/mol. The Hall–Kier alpha value is -3.70. The molecule has 0 unspecified atom stereocenters. The van der Waals surface area contributed by atoms with Gasteiger partial charge in [-0.05, 0) is 49.1 Å². The Morgan fingerprint density at radius 3 is 2.82 bits per heavy atom. The van der Waals surface area contributed by atoms with E-state index in [1.54, 1.807) is 11.1 Å². The Bertz CT molecular complexity index is 1220. The molecule has 7 nitrogen and oxygen atoms in total. The highest BCUT2D eigenvalue weighted by atomic mass is 32.1. The van der Waals surface area contributed by atoms with Gasteiger partial charge in [0.2, 0.25) is 11.8 Å². The number of hydrogen-bond acceptors (Lipinski definition) is 6. The van der Waals surface area contributed by atoms with E-state index in [-0.39, 0.29) is 24.7 Å². The molecule has 1 aliphatic rings. The van der Waals surface area contributed by atoms with E-state index in [1.807, 2.05) is 49.4 Å². The summed E-state index contributed by atoms with van der Waals surface area (Å²) in [4.78, 5) is 32.4. The van der Waals surface area contributed by atoms with Crippen LogP contribution in [0.3, 0.4) is 0 Å². The van der Waals surface area contributed by atoms with E-state index in [9.17, 15) is 14.9 Å². The van der Waals surface area contributed by atoms with Gasteiger partial charge in [0.1, 0.15) is 16.8 Å². The van der Waals surface area contributed by atoms with Crippen molar-refractivity contribution in [2.45, 2.75) is 39.2 Å². The van der Waals surface area contributed by atoms with Crippen LogP contribution < -0.4 is 10.1 Å². The summed E-state index contributed by atoms with van der Waals surface area (Å²) < 4.78 is 5.64. The van der Waals surface area contributed by atoms with Crippen molar-refractivity contribution in [2.75, 3.05) is 18.5 Å². The minimum Gasteiger partial charge on any atom is -0.494 e. The van der Waals surface area contributed by atoms with Gasteiger partial charge in [-0.25, -0.2) is 0 Å². The Morgan fingerprint density at radius 1 is 1.24 bits per heavy atom. The number of para-hydroxylation sites is 1. The number of amides is 2. The number of thiophene rings is 1. The van der Waals surface area contributed by atoms with Gasteiger partial charge in [0.25, 0.3) is 0 Å². The van der Waals surface area contributed by atoms with Crippen LogP contribution >= 0.6 is 11.3 Å². The molecule has 174 valence electrons. The topological polar surface area (TPSA) is 95.3 Å². The third-order valence-corrected chi connectivity index (χ3v) is 6.86. The summed E-state index contributed by atoms with van der Waals surface area (Å²) in [6.45, 7) is 3.49.